The molecule has 3 rings (SSSR count). The van der Waals surface area contributed by atoms with Gasteiger partial charge in [-0.15, -0.1) is 6.58 Å². The fourth-order valence-electron chi connectivity index (χ4n) is 3.23. The van der Waals surface area contributed by atoms with Gasteiger partial charge in [-0.2, -0.15) is 0 Å². The summed E-state index contributed by atoms with van der Waals surface area (Å²) in [4.78, 5) is 55.0. The highest BCUT2D eigenvalue weighted by Crippen LogP contribution is 2.09. The molecule has 174 valence electrons. The van der Waals surface area contributed by atoms with Crippen molar-refractivity contribution in [2.45, 2.75) is 39.6 Å². The van der Waals surface area contributed by atoms with Crippen LogP contribution in [0, 0.1) is 0 Å². The maximum absolute atomic E-state index is 13.2. The van der Waals surface area contributed by atoms with Crippen LogP contribution in [0.2, 0.25) is 0 Å². The summed E-state index contributed by atoms with van der Waals surface area (Å²) in [6, 6.07) is 9.24. The lowest BCUT2D eigenvalue weighted by atomic mass is 10.2. The summed E-state index contributed by atoms with van der Waals surface area (Å²) in [5.41, 5.74) is 4.41. The summed E-state index contributed by atoms with van der Waals surface area (Å²) in [7, 11) is 0. The zero-order valence-electron chi connectivity index (χ0n) is 18.5. The number of imidazole rings is 1. The zero-order chi connectivity index (χ0) is 24.0. The Bertz CT molecular complexity index is 1270. The van der Waals surface area contributed by atoms with Gasteiger partial charge in [0.25, 0.3) is 17.4 Å². The van der Waals surface area contributed by atoms with Gasteiger partial charge in [0.05, 0.1) is 19.5 Å². The van der Waals surface area contributed by atoms with E-state index in [9.17, 15) is 19.2 Å². The highest BCUT2D eigenvalue weighted by Gasteiger charge is 2.20. The van der Waals surface area contributed by atoms with Crippen molar-refractivity contribution in [3.8, 4) is 0 Å². The van der Waals surface area contributed by atoms with E-state index in [-0.39, 0.29) is 24.3 Å². The first-order valence-electron chi connectivity index (χ1n) is 10.4. The average molecular weight is 454 g/mol. The number of nitrogens with one attached hydrogen (secondary N) is 2. The Morgan fingerprint density at radius 3 is 2.58 bits per heavy atom. The summed E-state index contributed by atoms with van der Waals surface area (Å²) in [5.74, 6) is -1.33. The summed E-state index contributed by atoms with van der Waals surface area (Å²) in [5, 5.41) is 0. The molecule has 0 aliphatic rings. The first-order valence-corrected chi connectivity index (χ1v) is 10.4. The van der Waals surface area contributed by atoms with E-state index in [1.54, 1.807) is 4.57 Å². The highest BCUT2D eigenvalue weighted by molar-refractivity contribution is 5.84. The predicted molar refractivity (Wildman–Crippen MR) is 121 cm³/mol. The Balaban J connectivity index is 1.90. The van der Waals surface area contributed by atoms with E-state index in [2.05, 4.69) is 22.4 Å². The molecule has 2 heterocycles. The van der Waals surface area contributed by atoms with E-state index in [1.807, 2.05) is 37.3 Å². The van der Waals surface area contributed by atoms with Crippen LogP contribution in [0.5, 0.6) is 0 Å². The molecule has 2 amide bonds. The number of hydrazine groups is 1. The Hall–Kier alpha value is -3.99. The van der Waals surface area contributed by atoms with E-state index < -0.39 is 35.7 Å². The number of hydrogen-bond acceptors (Lipinski definition) is 6. The quantitative estimate of drug-likeness (QED) is 0.350. The minimum absolute atomic E-state index is 0.171. The molecule has 0 aliphatic heterocycles. The first-order chi connectivity index (χ1) is 15.9. The van der Waals surface area contributed by atoms with Crippen molar-refractivity contribution in [2.75, 3.05) is 6.61 Å². The third-order valence-corrected chi connectivity index (χ3v) is 4.97. The highest BCUT2D eigenvalue weighted by atomic mass is 16.5. The molecule has 1 aromatic carbocycles. The molecule has 0 spiro atoms. The van der Waals surface area contributed by atoms with E-state index in [4.69, 9.17) is 4.74 Å². The lowest BCUT2D eigenvalue weighted by Gasteiger charge is -2.14. The second-order valence-electron chi connectivity index (χ2n) is 7.25. The van der Waals surface area contributed by atoms with Crippen molar-refractivity contribution in [2.24, 2.45) is 0 Å². The molecular weight excluding hydrogens is 428 g/mol. The van der Waals surface area contributed by atoms with Crippen molar-refractivity contribution in [3.05, 3.63) is 75.7 Å². The molecule has 2 N–H and O–H groups in total. The molecule has 0 radical (unpaired) electrons. The number of carbonyl (C=O) groups excluding carboxylic acids is 2. The Morgan fingerprint density at radius 1 is 1.18 bits per heavy atom. The largest absolute Gasteiger partial charge is 0.365 e. The van der Waals surface area contributed by atoms with Crippen LogP contribution in [0.1, 0.15) is 19.4 Å². The van der Waals surface area contributed by atoms with Crippen molar-refractivity contribution in [1.29, 1.82) is 0 Å². The molecule has 33 heavy (non-hydrogen) atoms. The van der Waals surface area contributed by atoms with Gasteiger partial charge in [0.2, 0.25) is 0 Å². The number of nitrogens with zero attached hydrogens (tertiary/aromatic N) is 4. The van der Waals surface area contributed by atoms with Gasteiger partial charge in [0.15, 0.2) is 11.2 Å². The molecule has 0 saturated heterocycles. The molecule has 2 aromatic heterocycles. The van der Waals surface area contributed by atoms with Gasteiger partial charge in [-0.05, 0) is 19.4 Å². The second-order valence-corrected chi connectivity index (χ2v) is 7.25. The second kappa shape index (κ2) is 10.6. The van der Waals surface area contributed by atoms with Gasteiger partial charge < -0.3 is 9.30 Å². The molecular formula is C22H26N6O5. The molecule has 0 saturated carbocycles. The number of aromatic nitrogens is 4. The summed E-state index contributed by atoms with van der Waals surface area (Å²) in [6.45, 7) is 7.07. The number of hydrogen-bond donors (Lipinski definition) is 2. The minimum Gasteiger partial charge on any atom is -0.365 e. The number of aryl methyl sites for hydroxylation is 1. The summed E-state index contributed by atoms with van der Waals surface area (Å²) in [6.07, 6.45) is 2.15. The number of ether oxygens (including phenoxy) is 1. The van der Waals surface area contributed by atoms with Crippen molar-refractivity contribution < 1.29 is 14.3 Å². The number of carbonyl (C=O) groups is 2. The van der Waals surface area contributed by atoms with Crippen LogP contribution >= 0.6 is 0 Å². The summed E-state index contributed by atoms with van der Waals surface area (Å²) < 4.78 is 8.99. The number of amides is 2. The molecule has 1 atom stereocenters. The van der Waals surface area contributed by atoms with Gasteiger partial charge in [-0.3, -0.25) is 29.8 Å². The van der Waals surface area contributed by atoms with Crippen molar-refractivity contribution in [1.82, 2.24) is 29.5 Å². The Morgan fingerprint density at radius 2 is 1.91 bits per heavy atom. The number of rotatable bonds is 9. The predicted octanol–water partition coefficient (Wildman–Crippen LogP) is 0.166. The molecule has 3 aromatic rings. The molecule has 11 nitrogen and oxygen atoms in total. The Labute approximate surface area is 189 Å². The first kappa shape index (κ1) is 23.7. The standard InChI is InChI=1S/C22H26N6O5/c1-4-11-33-15(3)20(30)25-24-17(29)13-28-21(31)18-19(23-14-26(18)5-2)27(22(28)32)12-16-9-7-6-8-10-16/h4,6-10,14-15H,1,5,11-13H2,2-3H3,(H,24,29)(H,25,30). The fourth-order valence-corrected chi connectivity index (χ4v) is 3.23. The van der Waals surface area contributed by atoms with Crippen molar-refractivity contribution in [3.63, 3.8) is 0 Å². The normalized spacial score (nSPS) is 11.8. The van der Waals surface area contributed by atoms with Crippen LogP contribution in [0.4, 0.5) is 0 Å². The summed E-state index contributed by atoms with van der Waals surface area (Å²) >= 11 is 0. The topological polar surface area (TPSA) is 129 Å². The van der Waals surface area contributed by atoms with Crippen LogP contribution in [0.3, 0.4) is 0 Å². The van der Waals surface area contributed by atoms with Gasteiger partial charge >= 0.3 is 5.69 Å². The third-order valence-electron chi connectivity index (χ3n) is 4.97. The van der Waals surface area contributed by atoms with Gasteiger partial charge in [-0.1, -0.05) is 36.4 Å². The van der Waals surface area contributed by atoms with Crippen LogP contribution in [0.15, 0.2) is 58.9 Å². The maximum Gasteiger partial charge on any atom is 0.333 e. The zero-order valence-corrected chi connectivity index (χ0v) is 18.5. The smallest absolute Gasteiger partial charge is 0.333 e. The fraction of sp³-hybridized carbons (Fsp3) is 0.318. The molecule has 0 fully saturated rings. The maximum atomic E-state index is 13.2. The van der Waals surface area contributed by atoms with Crippen LogP contribution in [-0.4, -0.2) is 43.2 Å². The van der Waals surface area contributed by atoms with E-state index in [0.29, 0.717) is 6.54 Å². The lowest BCUT2D eigenvalue weighted by molar-refractivity contribution is -0.135. The SMILES string of the molecule is C=CCOC(C)C(=O)NNC(=O)Cn1c(=O)c2c(ncn2CC)n(Cc2ccccc2)c1=O. The van der Waals surface area contributed by atoms with E-state index >= 15 is 0 Å². The van der Waals surface area contributed by atoms with Gasteiger partial charge in [0, 0.05) is 6.54 Å². The number of fused-ring (bicyclic) bond motifs is 1. The monoisotopic (exact) mass is 454 g/mol. The number of benzene rings is 1. The van der Waals surface area contributed by atoms with Crippen LogP contribution < -0.4 is 22.1 Å². The van der Waals surface area contributed by atoms with E-state index in [0.717, 1.165) is 10.1 Å². The minimum atomic E-state index is -0.829. The Kier molecular flexibility index (Phi) is 7.57. The lowest BCUT2D eigenvalue weighted by Crippen LogP contribution is -2.50. The van der Waals surface area contributed by atoms with Gasteiger partial charge in [-0.25, -0.2) is 14.3 Å². The molecule has 1 unspecified atom stereocenters. The van der Waals surface area contributed by atoms with Gasteiger partial charge in [0.1, 0.15) is 12.6 Å². The molecule has 11 heteroatoms. The van der Waals surface area contributed by atoms with Crippen LogP contribution in [0.25, 0.3) is 11.2 Å². The molecule has 0 aliphatic carbocycles. The van der Waals surface area contributed by atoms with Crippen molar-refractivity contribution >= 4 is 23.0 Å². The van der Waals surface area contributed by atoms with Crippen LogP contribution in [-0.2, 0) is 34.0 Å². The average Bonchev–Trinajstić information content (AvgIpc) is 3.26. The molecule has 0 bridgehead atoms. The third kappa shape index (κ3) is 5.26. The van der Waals surface area contributed by atoms with E-state index in [1.165, 1.54) is 23.9 Å².